The first kappa shape index (κ1) is 13.7. The predicted molar refractivity (Wildman–Crippen MR) is 73.6 cm³/mol. The molecule has 2 rings (SSSR count). The lowest BCUT2D eigenvalue weighted by Gasteiger charge is -2.31. The molecule has 1 fully saturated rings. The molecule has 1 atom stereocenters. The minimum atomic E-state index is -0.251. The summed E-state index contributed by atoms with van der Waals surface area (Å²) in [5, 5.41) is 11.2. The van der Waals surface area contributed by atoms with E-state index in [4.69, 9.17) is 5.73 Å². The zero-order chi connectivity index (χ0) is 13.7. The normalized spacial score (nSPS) is 20.2. The Labute approximate surface area is 113 Å². The van der Waals surface area contributed by atoms with Crippen LogP contribution in [0.25, 0.3) is 0 Å². The molecule has 1 aliphatic heterocycles. The van der Waals surface area contributed by atoms with E-state index in [1.165, 1.54) is 6.42 Å². The van der Waals surface area contributed by atoms with Gasteiger partial charge in [-0.3, -0.25) is 9.69 Å². The highest BCUT2D eigenvalue weighted by atomic mass is 16.1. The van der Waals surface area contributed by atoms with Gasteiger partial charge in [0.25, 0.3) is 0 Å². The number of carbonyl (C=O) groups excluding carboxylic acids is 1. The van der Waals surface area contributed by atoms with Gasteiger partial charge < -0.3 is 11.1 Å². The molecular formula is C13H21N5O. The topological polar surface area (TPSA) is 84.1 Å². The van der Waals surface area contributed by atoms with Gasteiger partial charge in [0.2, 0.25) is 5.91 Å². The van der Waals surface area contributed by atoms with E-state index >= 15 is 0 Å². The van der Waals surface area contributed by atoms with Crippen molar-refractivity contribution in [2.45, 2.75) is 19.3 Å². The van der Waals surface area contributed by atoms with E-state index in [2.05, 4.69) is 20.4 Å². The highest BCUT2D eigenvalue weighted by Gasteiger charge is 2.21. The maximum absolute atomic E-state index is 11.0. The van der Waals surface area contributed by atoms with Gasteiger partial charge in [-0.05, 0) is 43.9 Å². The van der Waals surface area contributed by atoms with Gasteiger partial charge in [-0.25, -0.2) is 0 Å². The SMILES string of the molecule is CNc1ccc(C[C@H]2CCCN(CC(N)=O)C2)nn1. The number of likely N-dealkylation sites (tertiary alicyclic amines) is 1. The molecule has 1 saturated heterocycles. The summed E-state index contributed by atoms with van der Waals surface area (Å²) in [7, 11) is 1.83. The molecule has 0 saturated carbocycles. The molecule has 0 aliphatic carbocycles. The standard InChI is InChI=1S/C13H21N5O/c1-15-13-5-4-11(16-17-13)7-10-3-2-6-18(8-10)9-12(14)19/h4-5,10H,2-3,6-9H2,1H3,(H2,14,19)(H,15,17)/t10-/m1/s1. The van der Waals surface area contributed by atoms with Gasteiger partial charge >= 0.3 is 0 Å². The third kappa shape index (κ3) is 4.17. The lowest BCUT2D eigenvalue weighted by Crippen LogP contribution is -2.41. The minimum Gasteiger partial charge on any atom is -0.372 e. The highest BCUT2D eigenvalue weighted by molar-refractivity contribution is 5.75. The number of amides is 1. The van der Waals surface area contributed by atoms with Crippen molar-refractivity contribution in [3.05, 3.63) is 17.8 Å². The van der Waals surface area contributed by atoms with E-state index in [1.807, 2.05) is 19.2 Å². The van der Waals surface area contributed by atoms with E-state index in [0.29, 0.717) is 12.5 Å². The zero-order valence-electron chi connectivity index (χ0n) is 11.3. The zero-order valence-corrected chi connectivity index (χ0v) is 11.3. The van der Waals surface area contributed by atoms with E-state index in [-0.39, 0.29) is 5.91 Å². The quantitative estimate of drug-likeness (QED) is 0.796. The van der Waals surface area contributed by atoms with Gasteiger partial charge in [0.05, 0.1) is 12.2 Å². The number of primary amides is 1. The second kappa shape index (κ2) is 6.47. The summed E-state index contributed by atoms with van der Waals surface area (Å²) in [5.41, 5.74) is 6.25. The van der Waals surface area contributed by atoms with Gasteiger partial charge in [0, 0.05) is 13.6 Å². The molecule has 19 heavy (non-hydrogen) atoms. The van der Waals surface area contributed by atoms with Crippen LogP contribution in [0.5, 0.6) is 0 Å². The monoisotopic (exact) mass is 263 g/mol. The van der Waals surface area contributed by atoms with Crippen LogP contribution < -0.4 is 11.1 Å². The minimum absolute atomic E-state index is 0.251. The van der Waals surface area contributed by atoms with Crippen LogP contribution in [0.15, 0.2) is 12.1 Å². The van der Waals surface area contributed by atoms with Crippen LogP contribution in [-0.4, -0.2) is 47.7 Å². The van der Waals surface area contributed by atoms with Crippen molar-refractivity contribution in [1.29, 1.82) is 0 Å². The molecule has 1 amide bonds. The van der Waals surface area contributed by atoms with E-state index in [0.717, 1.165) is 37.4 Å². The molecule has 0 radical (unpaired) electrons. The van der Waals surface area contributed by atoms with E-state index in [9.17, 15) is 4.79 Å². The van der Waals surface area contributed by atoms with Crippen LogP contribution in [-0.2, 0) is 11.2 Å². The Morgan fingerprint density at radius 1 is 1.53 bits per heavy atom. The molecule has 0 unspecified atom stereocenters. The molecule has 0 bridgehead atoms. The predicted octanol–water partition coefficient (Wildman–Crippen LogP) is 0.258. The molecule has 3 N–H and O–H groups in total. The smallest absolute Gasteiger partial charge is 0.231 e. The Kier molecular flexibility index (Phi) is 4.68. The number of nitrogens with one attached hydrogen (secondary N) is 1. The van der Waals surface area contributed by atoms with Crippen molar-refractivity contribution in [2.75, 3.05) is 32.0 Å². The van der Waals surface area contributed by atoms with E-state index < -0.39 is 0 Å². The van der Waals surface area contributed by atoms with Crippen LogP contribution in [0, 0.1) is 5.92 Å². The Hall–Kier alpha value is -1.69. The Morgan fingerprint density at radius 3 is 3.00 bits per heavy atom. The molecule has 1 aliphatic rings. The second-order valence-electron chi connectivity index (χ2n) is 5.07. The molecule has 6 heteroatoms. The Bertz CT molecular complexity index is 420. The van der Waals surface area contributed by atoms with Crippen LogP contribution in [0.4, 0.5) is 5.82 Å². The van der Waals surface area contributed by atoms with Crippen molar-refractivity contribution in [3.63, 3.8) is 0 Å². The van der Waals surface area contributed by atoms with Gasteiger partial charge in [-0.1, -0.05) is 0 Å². The number of nitrogens with two attached hydrogens (primary N) is 1. The number of aromatic nitrogens is 2. The first-order valence-electron chi connectivity index (χ1n) is 6.68. The largest absolute Gasteiger partial charge is 0.372 e. The molecule has 104 valence electrons. The molecule has 1 aromatic heterocycles. The van der Waals surface area contributed by atoms with Gasteiger partial charge in [-0.2, -0.15) is 5.10 Å². The van der Waals surface area contributed by atoms with Gasteiger partial charge in [0.1, 0.15) is 5.82 Å². The van der Waals surface area contributed by atoms with Crippen molar-refractivity contribution in [3.8, 4) is 0 Å². The molecule has 6 nitrogen and oxygen atoms in total. The fourth-order valence-corrected chi connectivity index (χ4v) is 2.58. The van der Waals surface area contributed by atoms with Gasteiger partial charge in [-0.15, -0.1) is 5.10 Å². The summed E-state index contributed by atoms with van der Waals surface area (Å²) < 4.78 is 0. The average molecular weight is 263 g/mol. The lowest BCUT2D eigenvalue weighted by molar-refractivity contribution is -0.119. The van der Waals surface area contributed by atoms with Crippen molar-refractivity contribution < 1.29 is 4.79 Å². The number of piperidine rings is 1. The molecule has 1 aromatic rings. The number of nitrogens with zero attached hydrogens (tertiary/aromatic N) is 3. The summed E-state index contributed by atoms with van der Waals surface area (Å²) in [6.45, 7) is 2.24. The lowest BCUT2D eigenvalue weighted by atomic mass is 9.93. The van der Waals surface area contributed by atoms with Crippen molar-refractivity contribution in [2.24, 2.45) is 11.7 Å². The summed E-state index contributed by atoms with van der Waals surface area (Å²) in [5.74, 6) is 1.06. The van der Waals surface area contributed by atoms with Crippen molar-refractivity contribution >= 4 is 11.7 Å². The van der Waals surface area contributed by atoms with Crippen LogP contribution in [0.1, 0.15) is 18.5 Å². The number of rotatable bonds is 5. The fourth-order valence-electron chi connectivity index (χ4n) is 2.58. The van der Waals surface area contributed by atoms with Crippen LogP contribution >= 0.6 is 0 Å². The maximum atomic E-state index is 11.0. The molecular weight excluding hydrogens is 242 g/mol. The first-order valence-corrected chi connectivity index (χ1v) is 6.68. The Balaban J connectivity index is 1.88. The second-order valence-corrected chi connectivity index (χ2v) is 5.07. The number of carbonyl (C=O) groups is 1. The van der Waals surface area contributed by atoms with Crippen LogP contribution in [0.2, 0.25) is 0 Å². The summed E-state index contributed by atoms with van der Waals surface area (Å²) in [4.78, 5) is 13.1. The third-order valence-electron chi connectivity index (χ3n) is 3.46. The fraction of sp³-hybridized carbons (Fsp3) is 0.615. The van der Waals surface area contributed by atoms with E-state index in [1.54, 1.807) is 0 Å². The molecule has 0 spiro atoms. The number of hydrogen-bond acceptors (Lipinski definition) is 5. The summed E-state index contributed by atoms with van der Waals surface area (Å²) in [6.07, 6.45) is 3.19. The van der Waals surface area contributed by atoms with Crippen molar-refractivity contribution in [1.82, 2.24) is 15.1 Å². The Morgan fingerprint density at radius 2 is 2.37 bits per heavy atom. The number of hydrogen-bond donors (Lipinski definition) is 2. The molecule has 0 aromatic carbocycles. The maximum Gasteiger partial charge on any atom is 0.231 e. The first-order chi connectivity index (χ1) is 9.17. The summed E-state index contributed by atoms with van der Waals surface area (Å²) >= 11 is 0. The van der Waals surface area contributed by atoms with Crippen LogP contribution in [0.3, 0.4) is 0 Å². The summed E-state index contributed by atoms with van der Waals surface area (Å²) in [6, 6.07) is 3.94. The average Bonchev–Trinajstić information content (AvgIpc) is 2.39. The molecule has 2 heterocycles. The number of anilines is 1. The highest BCUT2D eigenvalue weighted by Crippen LogP contribution is 2.19. The van der Waals surface area contributed by atoms with Gasteiger partial charge in [0.15, 0.2) is 0 Å². The third-order valence-corrected chi connectivity index (χ3v) is 3.46.